The van der Waals surface area contributed by atoms with Crippen molar-refractivity contribution in [2.24, 2.45) is 5.10 Å². The second kappa shape index (κ2) is 13.6. The second-order valence-electron chi connectivity index (χ2n) is 7.47. The number of nitrogens with one attached hydrogen (secondary N) is 3. The number of anilines is 1. The normalized spacial score (nSPS) is 10.5. The first kappa shape index (κ1) is 27.2. The summed E-state index contributed by atoms with van der Waals surface area (Å²) in [7, 11) is 3.02. The Morgan fingerprint density at radius 1 is 0.946 bits per heavy atom. The van der Waals surface area contributed by atoms with Crippen LogP contribution < -0.4 is 30.3 Å². The summed E-state index contributed by atoms with van der Waals surface area (Å²) in [5, 5.41) is 9.07. The van der Waals surface area contributed by atoms with Gasteiger partial charge in [-0.05, 0) is 63.5 Å². The van der Waals surface area contributed by atoms with E-state index in [1.54, 1.807) is 55.6 Å². The minimum Gasteiger partial charge on any atom is -0.497 e. The van der Waals surface area contributed by atoms with E-state index in [1.807, 2.05) is 18.2 Å². The van der Waals surface area contributed by atoms with Crippen molar-refractivity contribution >= 4 is 45.6 Å². The maximum Gasteiger partial charge on any atom is 0.329 e. The van der Waals surface area contributed by atoms with E-state index in [-0.39, 0.29) is 19.1 Å². The largest absolute Gasteiger partial charge is 0.497 e. The number of carbonyl (C=O) groups is 3. The average molecular weight is 569 g/mol. The molecule has 0 saturated heterocycles. The van der Waals surface area contributed by atoms with Crippen molar-refractivity contribution in [3.63, 3.8) is 0 Å². The number of benzene rings is 3. The topological polar surface area (TPSA) is 127 Å². The fraction of sp³-hybridized carbons (Fsp3) is 0.154. The lowest BCUT2D eigenvalue weighted by Crippen LogP contribution is -2.37. The third-order valence-corrected chi connectivity index (χ3v) is 5.44. The van der Waals surface area contributed by atoms with Gasteiger partial charge in [-0.25, -0.2) is 5.43 Å². The number of nitrogens with zero attached hydrogens (tertiary/aromatic N) is 1. The SMILES string of the molecule is COc1ccc(CNC(=O)C(=O)N/N=C\c2cc(Br)c(OCC(=O)Nc3ccccc3)c(OC)c2)cc1. The molecule has 0 aromatic heterocycles. The van der Waals surface area contributed by atoms with Gasteiger partial charge in [0, 0.05) is 12.2 Å². The molecule has 0 saturated carbocycles. The van der Waals surface area contributed by atoms with Gasteiger partial charge in [-0.15, -0.1) is 0 Å². The molecule has 3 aromatic rings. The van der Waals surface area contributed by atoms with Gasteiger partial charge >= 0.3 is 11.8 Å². The van der Waals surface area contributed by atoms with Gasteiger partial charge in [-0.3, -0.25) is 14.4 Å². The Labute approximate surface area is 222 Å². The first-order valence-corrected chi connectivity index (χ1v) is 11.8. The first-order valence-electron chi connectivity index (χ1n) is 11.0. The molecule has 3 N–H and O–H groups in total. The summed E-state index contributed by atoms with van der Waals surface area (Å²) in [4.78, 5) is 36.2. The van der Waals surface area contributed by atoms with E-state index in [1.165, 1.54) is 13.3 Å². The van der Waals surface area contributed by atoms with Crippen LogP contribution in [0.5, 0.6) is 17.2 Å². The highest BCUT2D eigenvalue weighted by molar-refractivity contribution is 9.10. The lowest BCUT2D eigenvalue weighted by atomic mass is 10.2. The van der Waals surface area contributed by atoms with Crippen LogP contribution >= 0.6 is 15.9 Å². The summed E-state index contributed by atoms with van der Waals surface area (Å²) < 4.78 is 16.6. The van der Waals surface area contributed by atoms with Gasteiger partial charge in [0.1, 0.15) is 5.75 Å². The summed E-state index contributed by atoms with van der Waals surface area (Å²) in [5.74, 6) is -0.724. The molecule has 3 amide bonds. The minimum absolute atomic E-state index is 0.176. The lowest BCUT2D eigenvalue weighted by molar-refractivity contribution is -0.139. The standard InChI is InChI=1S/C26H25BrN4O6/c1-35-20-10-8-17(9-11-20)14-28-25(33)26(34)31-29-15-18-12-21(27)24(22(13-18)36-2)37-16-23(32)30-19-6-4-3-5-7-19/h3-13,15H,14,16H2,1-2H3,(H,28,33)(H,30,32)(H,31,34)/b29-15-. The molecule has 0 heterocycles. The predicted octanol–water partition coefficient (Wildman–Crippen LogP) is 3.25. The Kier molecular flexibility index (Phi) is 10.0. The van der Waals surface area contributed by atoms with Crippen molar-refractivity contribution < 1.29 is 28.6 Å². The van der Waals surface area contributed by atoms with Crippen molar-refractivity contribution in [3.05, 3.63) is 82.3 Å². The molecule has 192 valence electrons. The summed E-state index contributed by atoms with van der Waals surface area (Å²) in [6.45, 7) is -0.0616. The molecule has 11 heteroatoms. The predicted molar refractivity (Wildman–Crippen MR) is 142 cm³/mol. The van der Waals surface area contributed by atoms with E-state index in [0.29, 0.717) is 33.0 Å². The average Bonchev–Trinajstić information content (AvgIpc) is 2.91. The number of methoxy groups -OCH3 is 2. The first-order chi connectivity index (χ1) is 17.9. The molecule has 0 aliphatic rings. The molecule has 0 bridgehead atoms. The van der Waals surface area contributed by atoms with Gasteiger partial charge in [0.2, 0.25) is 0 Å². The van der Waals surface area contributed by atoms with Crippen molar-refractivity contribution in [2.45, 2.75) is 6.54 Å². The Balaban J connectivity index is 1.52. The zero-order chi connectivity index (χ0) is 26.6. The van der Waals surface area contributed by atoms with E-state index >= 15 is 0 Å². The third-order valence-electron chi connectivity index (χ3n) is 4.85. The number of hydrazone groups is 1. The number of carbonyl (C=O) groups excluding carboxylic acids is 3. The second-order valence-corrected chi connectivity index (χ2v) is 8.32. The van der Waals surface area contributed by atoms with Crippen LogP contribution in [-0.2, 0) is 20.9 Å². The number of amides is 3. The van der Waals surface area contributed by atoms with E-state index in [9.17, 15) is 14.4 Å². The lowest BCUT2D eigenvalue weighted by Gasteiger charge is -2.13. The van der Waals surface area contributed by atoms with Crippen LogP contribution in [-0.4, -0.2) is 44.8 Å². The van der Waals surface area contributed by atoms with Crippen LogP contribution in [0.4, 0.5) is 5.69 Å². The molecular weight excluding hydrogens is 544 g/mol. The van der Waals surface area contributed by atoms with Crippen molar-refractivity contribution in [1.29, 1.82) is 0 Å². The Morgan fingerprint density at radius 3 is 2.35 bits per heavy atom. The van der Waals surface area contributed by atoms with E-state index in [2.05, 4.69) is 37.1 Å². The van der Waals surface area contributed by atoms with Crippen LogP contribution in [0.2, 0.25) is 0 Å². The molecular formula is C26H25BrN4O6. The van der Waals surface area contributed by atoms with Gasteiger partial charge in [-0.2, -0.15) is 5.10 Å². The van der Waals surface area contributed by atoms with Crippen molar-refractivity contribution in [3.8, 4) is 17.2 Å². The summed E-state index contributed by atoms with van der Waals surface area (Å²) >= 11 is 3.39. The summed E-state index contributed by atoms with van der Waals surface area (Å²) in [6, 6.07) is 19.4. The number of rotatable bonds is 10. The molecule has 0 fully saturated rings. The Hall–Kier alpha value is -4.38. The highest BCUT2D eigenvalue weighted by Crippen LogP contribution is 2.36. The monoisotopic (exact) mass is 568 g/mol. The number of hydrogen-bond acceptors (Lipinski definition) is 7. The van der Waals surface area contributed by atoms with Crippen LogP contribution in [0.1, 0.15) is 11.1 Å². The van der Waals surface area contributed by atoms with Crippen molar-refractivity contribution in [2.75, 3.05) is 26.1 Å². The third kappa shape index (κ3) is 8.36. The molecule has 0 aliphatic heterocycles. The van der Waals surface area contributed by atoms with E-state index in [0.717, 1.165) is 5.56 Å². The van der Waals surface area contributed by atoms with Crippen LogP contribution in [0.25, 0.3) is 0 Å². The molecule has 10 nitrogen and oxygen atoms in total. The molecule has 3 aromatic carbocycles. The number of ether oxygens (including phenoxy) is 3. The maximum atomic E-state index is 12.2. The molecule has 0 spiro atoms. The van der Waals surface area contributed by atoms with Gasteiger partial charge in [0.05, 0.1) is 24.9 Å². The van der Waals surface area contributed by atoms with E-state index in [4.69, 9.17) is 14.2 Å². The van der Waals surface area contributed by atoms with Crippen LogP contribution in [0.15, 0.2) is 76.3 Å². The minimum atomic E-state index is -0.917. The molecule has 0 atom stereocenters. The van der Waals surface area contributed by atoms with Crippen LogP contribution in [0.3, 0.4) is 0 Å². The van der Waals surface area contributed by atoms with Crippen LogP contribution in [0, 0.1) is 0 Å². The molecule has 0 unspecified atom stereocenters. The zero-order valence-corrected chi connectivity index (χ0v) is 21.7. The molecule has 3 rings (SSSR count). The molecule has 0 aliphatic carbocycles. The van der Waals surface area contributed by atoms with E-state index < -0.39 is 11.8 Å². The Bertz CT molecular complexity index is 1270. The van der Waals surface area contributed by atoms with Crippen molar-refractivity contribution in [1.82, 2.24) is 10.7 Å². The number of para-hydroxylation sites is 1. The fourth-order valence-corrected chi connectivity index (χ4v) is 3.61. The molecule has 37 heavy (non-hydrogen) atoms. The van der Waals surface area contributed by atoms with Gasteiger partial charge < -0.3 is 24.8 Å². The zero-order valence-electron chi connectivity index (χ0n) is 20.1. The fourth-order valence-electron chi connectivity index (χ4n) is 3.03. The highest BCUT2D eigenvalue weighted by Gasteiger charge is 2.15. The van der Waals surface area contributed by atoms with Gasteiger partial charge in [0.25, 0.3) is 5.91 Å². The smallest absolute Gasteiger partial charge is 0.329 e. The van der Waals surface area contributed by atoms with Gasteiger partial charge in [-0.1, -0.05) is 30.3 Å². The molecule has 0 radical (unpaired) electrons. The number of hydrogen-bond donors (Lipinski definition) is 3. The summed E-state index contributed by atoms with van der Waals surface area (Å²) in [5.41, 5.74) is 4.19. The quantitative estimate of drug-likeness (QED) is 0.196. The summed E-state index contributed by atoms with van der Waals surface area (Å²) in [6.07, 6.45) is 1.34. The highest BCUT2D eigenvalue weighted by atomic mass is 79.9. The maximum absolute atomic E-state index is 12.2. The number of halogens is 1. The van der Waals surface area contributed by atoms with Gasteiger partial charge in [0.15, 0.2) is 18.1 Å². The Morgan fingerprint density at radius 2 is 1.68 bits per heavy atom.